The highest BCUT2D eigenvalue weighted by Crippen LogP contribution is 2.44. The van der Waals surface area contributed by atoms with Crippen LogP contribution in [0, 0.1) is 0 Å². The van der Waals surface area contributed by atoms with Crippen LogP contribution in [0.2, 0.25) is 0 Å². The average Bonchev–Trinajstić information content (AvgIpc) is 3.22. The lowest BCUT2D eigenvalue weighted by atomic mass is 9.91. The van der Waals surface area contributed by atoms with Gasteiger partial charge in [-0.15, -0.1) is 23.1 Å². The van der Waals surface area contributed by atoms with E-state index in [-0.39, 0.29) is 0 Å². The van der Waals surface area contributed by atoms with Crippen LogP contribution in [0.5, 0.6) is 0 Å². The molecule has 21 heavy (non-hydrogen) atoms. The van der Waals surface area contributed by atoms with Gasteiger partial charge in [0.1, 0.15) is 0 Å². The molecule has 2 atom stereocenters. The van der Waals surface area contributed by atoms with Crippen LogP contribution in [0.25, 0.3) is 11.3 Å². The third-order valence-corrected chi connectivity index (χ3v) is 6.68. The Labute approximate surface area is 134 Å². The van der Waals surface area contributed by atoms with Crippen molar-refractivity contribution >= 4 is 23.1 Å². The summed E-state index contributed by atoms with van der Waals surface area (Å²) in [6, 6.07) is 7.70. The van der Waals surface area contributed by atoms with Crippen LogP contribution >= 0.6 is 23.1 Å². The smallest absolute Gasteiger partial charge is 0.0811 e. The van der Waals surface area contributed by atoms with E-state index in [1.54, 1.807) is 16.9 Å². The van der Waals surface area contributed by atoms with Crippen LogP contribution in [-0.2, 0) is 0 Å². The van der Waals surface area contributed by atoms with Crippen LogP contribution in [0.4, 0.5) is 0 Å². The van der Waals surface area contributed by atoms with Crippen molar-refractivity contribution in [2.75, 3.05) is 19.3 Å². The Morgan fingerprint density at radius 2 is 2.33 bits per heavy atom. The van der Waals surface area contributed by atoms with Gasteiger partial charge in [0, 0.05) is 27.6 Å². The second-order valence-corrected chi connectivity index (χ2v) is 7.93. The molecule has 110 valence electrons. The molecule has 0 bridgehead atoms. The zero-order valence-corrected chi connectivity index (χ0v) is 13.9. The zero-order valence-electron chi connectivity index (χ0n) is 12.3. The molecule has 1 aromatic heterocycles. The molecule has 2 nitrogen and oxygen atoms in total. The maximum atomic E-state index is 4.46. The molecule has 2 aliphatic rings. The molecule has 2 aliphatic heterocycles. The lowest BCUT2D eigenvalue weighted by Crippen LogP contribution is -2.26. The molecule has 0 amide bonds. The van der Waals surface area contributed by atoms with Gasteiger partial charge in [-0.05, 0) is 56.5 Å². The predicted molar refractivity (Wildman–Crippen MR) is 91.3 cm³/mol. The number of likely N-dealkylation sites (tertiary alicyclic amines) is 1. The summed E-state index contributed by atoms with van der Waals surface area (Å²) in [4.78, 5) is 8.49. The van der Waals surface area contributed by atoms with Gasteiger partial charge in [0.15, 0.2) is 0 Å². The van der Waals surface area contributed by atoms with E-state index in [0.29, 0.717) is 5.92 Å². The van der Waals surface area contributed by atoms with Crippen LogP contribution in [-0.4, -0.2) is 35.3 Å². The fourth-order valence-corrected chi connectivity index (χ4v) is 5.41. The summed E-state index contributed by atoms with van der Waals surface area (Å²) in [7, 11) is 2.28. The molecule has 0 N–H and O–H groups in total. The molecule has 1 fully saturated rings. The Morgan fingerprint density at radius 3 is 3.10 bits per heavy atom. The minimum atomic E-state index is 0.717. The molecule has 4 rings (SSSR count). The molecular weight excluding hydrogens is 296 g/mol. The van der Waals surface area contributed by atoms with Crippen molar-refractivity contribution in [1.82, 2.24) is 9.88 Å². The number of rotatable bonds is 3. The first-order chi connectivity index (χ1) is 10.3. The van der Waals surface area contributed by atoms with E-state index in [4.69, 9.17) is 0 Å². The van der Waals surface area contributed by atoms with Crippen LogP contribution in [0.15, 0.2) is 34.0 Å². The third-order valence-electron chi connectivity index (χ3n) is 4.85. The highest BCUT2D eigenvalue weighted by molar-refractivity contribution is 7.99. The van der Waals surface area contributed by atoms with Gasteiger partial charge in [-0.1, -0.05) is 6.07 Å². The summed E-state index contributed by atoms with van der Waals surface area (Å²) < 4.78 is 0. The lowest BCUT2D eigenvalue weighted by molar-refractivity contribution is 0.286. The molecule has 0 spiro atoms. The number of hydrogen-bond acceptors (Lipinski definition) is 4. The van der Waals surface area contributed by atoms with Gasteiger partial charge in [-0.25, -0.2) is 4.98 Å². The number of thioether (sulfide) groups is 1. The Morgan fingerprint density at radius 1 is 1.38 bits per heavy atom. The standard InChI is InChI=1S/C17H20N2S2/c1-19-6-2-3-14(19)7-13-9-21-17-5-4-12(8-15(13)17)16-10-20-11-18-16/h4-5,8,10-11,13-14H,2-3,6-7,9H2,1H3. The number of hydrogen-bond donors (Lipinski definition) is 0. The topological polar surface area (TPSA) is 16.1 Å². The fourth-order valence-electron chi connectivity index (χ4n) is 3.59. The van der Waals surface area contributed by atoms with E-state index < -0.39 is 0 Å². The predicted octanol–water partition coefficient (Wildman–Crippen LogP) is 4.48. The largest absolute Gasteiger partial charge is 0.303 e. The second kappa shape index (κ2) is 5.75. The van der Waals surface area contributed by atoms with Crippen molar-refractivity contribution in [3.63, 3.8) is 0 Å². The molecule has 1 saturated heterocycles. The first-order valence-corrected chi connectivity index (χ1v) is 9.59. The van der Waals surface area contributed by atoms with Crippen molar-refractivity contribution < 1.29 is 0 Å². The zero-order chi connectivity index (χ0) is 14.2. The molecule has 0 saturated carbocycles. The maximum absolute atomic E-state index is 4.46. The minimum Gasteiger partial charge on any atom is -0.303 e. The Kier molecular flexibility index (Phi) is 3.78. The van der Waals surface area contributed by atoms with Crippen LogP contribution in [0.3, 0.4) is 0 Å². The number of aromatic nitrogens is 1. The Balaban J connectivity index is 1.59. The summed E-state index contributed by atoms with van der Waals surface area (Å²) in [6.07, 6.45) is 4.06. The molecule has 2 unspecified atom stereocenters. The van der Waals surface area contributed by atoms with Gasteiger partial charge in [-0.3, -0.25) is 0 Å². The molecule has 3 heterocycles. The number of benzene rings is 1. The second-order valence-electron chi connectivity index (χ2n) is 6.15. The first kappa shape index (κ1) is 13.8. The van der Waals surface area contributed by atoms with Gasteiger partial charge in [0.25, 0.3) is 0 Å². The summed E-state index contributed by atoms with van der Waals surface area (Å²) >= 11 is 3.70. The Hall–Kier alpha value is -0.840. The van der Waals surface area contributed by atoms with E-state index in [9.17, 15) is 0 Å². The highest BCUT2D eigenvalue weighted by Gasteiger charge is 2.30. The normalized spacial score (nSPS) is 25.4. The van der Waals surface area contributed by atoms with Crippen molar-refractivity contribution in [3.05, 3.63) is 34.7 Å². The van der Waals surface area contributed by atoms with Crippen molar-refractivity contribution in [2.45, 2.75) is 36.1 Å². The van der Waals surface area contributed by atoms with E-state index in [2.05, 4.69) is 40.5 Å². The molecule has 0 radical (unpaired) electrons. The van der Waals surface area contributed by atoms with E-state index in [0.717, 1.165) is 11.7 Å². The number of fused-ring (bicyclic) bond motifs is 1. The summed E-state index contributed by atoms with van der Waals surface area (Å²) in [5.74, 6) is 1.97. The molecular formula is C17H20N2S2. The third kappa shape index (κ3) is 2.65. The van der Waals surface area contributed by atoms with Crippen molar-refractivity contribution in [3.8, 4) is 11.3 Å². The van der Waals surface area contributed by atoms with Gasteiger partial charge < -0.3 is 4.90 Å². The van der Waals surface area contributed by atoms with Gasteiger partial charge in [0.05, 0.1) is 11.2 Å². The maximum Gasteiger partial charge on any atom is 0.0811 e. The summed E-state index contributed by atoms with van der Waals surface area (Å²) in [5.41, 5.74) is 5.88. The Bertz CT molecular complexity index is 624. The van der Waals surface area contributed by atoms with E-state index in [1.165, 1.54) is 42.0 Å². The first-order valence-electron chi connectivity index (χ1n) is 7.67. The van der Waals surface area contributed by atoms with Crippen LogP contribution in [0.1, 0.15) is 30.7 Å². The molecule has 4 heteroatoms. The minimum absolute atomic E-state index is 0.717. The SMILES string of the molecule is CN1CCCC1CC1CSc2ccc(-c3cscn3)cc21. The van der Waals surface area contributed by atoms with Gasteiger partial charge in [-0.2, -0.15) is 0 Å². The lowest BCUT2D eigenvalue weighted by Gasteiger charge is -2.23. The quantitative estimate of drug-likeness (QED) is 0.830. The van der Waals surface area contributed by atoms with Gasteiger partial charge >= 0.3 is 0 Å². The molecule has 1 aromatic carbocycles. The van der Waals surface area contributed by atoms with Crippen molar-refractivity contribution in [2.24, 2.45) is 0 Å². The molecule has 2 aromatic rings. The number of thiazole rings is 1. The fraction of sp³-hybridized carbons (Fsp3) is 0.471. The summed E-state index contributed by atoms with van der Waals surface area (Å²) in [5, 5.41) is 2.14. The van der Waals surface area contributed by atoms with Crippen LogP contribution < -0.4 is 0 Å². The number of nitrogens with zero attached hydrogens (tertiary/aromatic N) is 2. The molecule has 0 aliphatic carbocycles. The van der Waals surface area contributed by atoms with E-state index in [1.807, 2.05) is 17.3 Å². The highest BCUT2D eigenvalue weighted by atomic mass is 32.2. The van der Waals surface area contributed by atoms with Gasteiger partial charge in [0.2, 0.25) is 0 Å². The van der Waals surface area contributed by atoms with Crippen molar-refractivity contribution in [1.29, 1.82) is 0 Å². The monoisotopic (exact) mass is 316 g/mol. The van der Waals surface area contributed by atoms with E-state index >= 15 is 0 Å². The average molecular weight is 316 g/mol. The summed E-state index contributed by atoms with van der Waals surface area (Å²) in [6.45, 7) is 1.27.